The van der Waals surface area contributed by atoms with Crippen molar-refractivity contribution in [1.82, 2.24) is 14.9 Å². The average molecular weight is 368 g/mol. The Hall–Kier alpha value is -3.22. The van der Waals surface area contributed by atoms with Crippen LogP contribution in [0.1, 0.15) is 36.5 Å². The molecule has 0 saturated carbocycles. The number of hydrogen-bond acceptors (Lipinski definition) is 5. The molecule has 3 rings (SSSR count). The molecule has 0 aliphatic carbocycles. The first kappa shape index (κ1) is 20.1. The Balaban J connectivity index is 0.000000817. The number of carbonyl (C=O) groups excluding carboxylic acids is 1. The fraction of sp³-hybridized carbons (Fsp3) is 0.300. The first-order valence-corrected chi connectivity index (χ1v) is 8.84. The van der Waals surface area contributed by atoms with E-state index in [2.05, 4.69) is 29.0 Å². The summed E-state index contributed by atoms with van der Waals surface area (Å²) in [5.41, 5.74) is 7.97. The van der Waals surface area contributed by atoms with Gasteiger partial charge in [0.05, 0.1) is 24.1 Å². The molecule has 2 aromatic rings. The van der Waals surface area contributed by atoms with Crippen molar-refractivity contribution in [3.8, 4) is 11.3 Å². The van der Waals surface area contributed by atoms with Crippen LogP contribution in [-0.4, -0.2) is 44.9 Å². The number of nitrogens with zero attached hydrogens (tertiary/aromatic N) is 3. The van der Waals surface area contributed by atoms with Crippen LogP contribution >= 0.6 is 0 Å². The van der Waals surface area contributed by atoms with Gasteiger partial charge in [0, 0.05) is 17.7 Å². The van der Waals surface area contributed by atoms with E-state index in [1.54, 1.807) is 6.20 Å². The molecule has 0 bridgehead atoms. The first-order chi connectivity index (χ1) is 13.1. The fourth-order valence-electron chi connectivity index (χ4n) is 2.94. The zero-order valence-corrected chi connectivity index (χ0v) is 15.3. The Labute approximate surface area is 158 Å². The number of hydrogen-bond donors (Lipinski definition) is 2. The number of carboxylic acid groups (broad SMARTS) is 1. The maximum Gasteiger partial charge on any atom is 0.290 e. The Bertz CT molecular complexity index is 790. The molecule has 1 aromatic carbocycles. The lowest BCUT2D eigenvalue weighted by Crippen LogP contribution is -2.36. The molecule has 0 fully saturated rings. The molecule has 7 heteroatoms. The van der Waals surface area contributed by atoms with E-state index in [0.29, 0.717) is 23.6 Å². The van der Waals surface area contributed by atoms with Crippen LogP contribution in [0.2, 0.25) is 0 Å². The summed E-state index contributed by atoms with van der Waals surface area (Å²) >= 11 is 0. The van der Waals surface area contributed by atoms with Crippen molar-refractivity contribution in [3.63, 3.8) is 0 Å². The van der Waals surface area contributed by atoms with Crippen LogP contribution in [0.25, 0.3) is 11.3 Å². The number of aromatic nitrogens is 2. The predicted octanol–water partition coefficient (Wildman–Crippen LogP) is 3.00. The highest BCUT2D eigenvalue weighted by atomic mass is 16.3. The molecule has 142 valence electrons. The average Bonchev–Trinajstić information content (AvgIpc) is 3.15. The maximum atomic E-state index is 12.8. The predicted molar refractivity (Wildman–Crippen MR) is 104 cm³/mol. The van der Waals surface area contributed by atoms with Gasteiger partial charge in [0.1, 0.15) is 5.82 Å². The van der Waals surface area contributed by atoms with Gasteiger partial charge in [-0.1, -0.05) is 44.1 Å². The molecule has 0 radical (unpaired) electrons. The van der Waals surface area contributed by atoms with Crippen LogP contribution < -0.4 is 5.73 Å². The third-order valence-electron chi connectivity index (χ3n) is 4.26. The molecular weight excluding hydrogens is 344 g/mol. The molecule has 0 spiro atoms. The standard InChI is InChI=1S/C19H22N4O.CH2O2/c1-2-3-5-16-6-4-11-23(16)19(24)15-9-7-14(8-10-15)17-12-21-13-18(20)22-17;2-1-3/h4,6-10,12-13,16H,2-3,5,11H2,1H3,(H2,20,22);1H,(H,2,3). The highest BCUT2D eigenvalue weighted by Gasteiger charge is 2.25. The van der Waals surface area contributed by atoms with E-state index in [4.69, 9.17) is 15.6 Å². The number of anilines is 1. The molecule has 27 heavy (non-hydrogen) atoms. The summed E-state index contributed by atoms with van der Waals surface area (Å²) in [4.78, 5) is 31.4. The van der Waals surface area contributed by atoms with Gasteiger partial charge in [-0.15, -0.1) is 0 Å². The highest BCUT2D eigenvalue weighted by Crippen LogP contribution is 2.22. The van der Waals surface area contributed by atoms with E-state index in [1.165, 1.54) is 6.20 Å². The van der Waals surface area contributed by atoms with Gasteiger partial charge in [-0.2, -0.15) is 0 Å². The number of carbonyl (C=O) groups is 2. The summed E-state index contributed by atoms with van der Waals surface area (Å²) in [5, 5.41) is 6.89. The van der Waals surface area contributed by atoms with Crippen LogP contribution in [0.4, 0.5) is 5.82 Å². The van der Waals surface area contributed by atoms with Gasteiger partial charge in [0.15, 0.2) is 0 Å². The van der Waals surface area contributed by atoms with Crippen LogP contribution in [0, 0.1) is 0 Å². The van der Waals surface area contributed by atoms with E-state index in [0.717, 1.165) is 24.8 Å². The Kier molecular flexibility index (Phi) is 7.49. The van der Waals surface area contributed by atoms with Gasteiger partial charge in [0.25, 0.3) is 12.4 Å². The highest BCUT2D eigenvalue weighted by molar-refractivity contribution is 5.95. The molecule has 0 saturated heterocycles. The number of unbranched alkanes of at least 4 members (excludes halogenated alkanes) is 1. The summed E-state index contributed by atoms with van der Waals surface area (Å²) in [6.45, 7) is 2.61. The quantitative estimate of drug-likeness (QED) is 0.620. The minimum atomic E-state index is -0.250. The van der Waals surface area contributed by atoms with Crippen molar-refractivity contribution in [3.05, 3.63) is 54.4 Å². The lowest BCUT2D eigenvalue weighted by Gasteiger charge is -2.24. The van der Waals surface area contributed by atoms with E-state index in [-0.39, 0.29) is 18.4 Å². The smallest absolute Gasteiger partial charge is 0.290 e. The molecule has 1 aliphatic rings. The van der Waals surface area contributed by atoms with Crippen molar-refractivity contribution in [1.29, 1.82) is 0 Å². The number of benzene rings is 1. The SMILES string of the molecule is CCCCC1C=CCN1C(=O)c1ccc(-c2cncc(N)n2)cc1.O=CO. The molecule has 1 aromatic heterocycles. The molecule has 7 nitrogen and oxygen atoms in total. The monoisotopic (exact) mass is 368 g/mol. The van der Waals surface area contributed by atoms with Gasteiger partial charge in [-0.3, -0.25) is 14.6 Å². The van der Waals surface area contributed by atoms with E-state index < -0.39 is 0 Å². The normalized spacial score (nSPS) is 15.1. The Morgan fingerprint density at radius 2 is 2.04 bits per heavy atom. The van der Waals surface area contributed by atoms with Crippen molar-refractivity contribution in [2.45, 2.75) is 32.2 Å². The Morgan fingerprint density at radius 1 is 1.33 bits per heavy atom. The molecule has 1 unspecified atom stereocenters. The minimum absolute atomic E-state index is 0.0753. The minimum Gasteiger partial charge on any atom is -0.483 e. The van der Waals surface area contributed by atoms with Crippen molar-refractivity contribution < 1.29 is 14.7 Å². The van der Waals surface area contributed by atoms with Gasteiger partial charge in [-0.25, -0.2) is 4.98 Å². The number of nitrogens with two attached hydrogens (primary N) is 1. The molecule has 1 amide bonds. The van der Waals surface area contributed by atoms with E-state index in [1.807, 2.05) is 29.2 Å². The number of rotatable bonds is 5. The van der Waals surface area contributed by atoms with Crippen molar-refractivity contribution in [2.75, 3.05) is 12.3 Å². The van der Waals surface area contributed by atoms with Crippen LogP contribution in [0.15, 0.2) is 48.8 Å². The number of amides is 1. The third-order valence-corrected chi connectivity index (χ3v) is 4.26. The van der Waals surface area contributed by atoms with Crippen molar-refractivity contribution >= 4 is 18.2 Å². The largest absolute Gasteiger partial charge is 0.483 e. The molecule has 2 heterocycles. The maximum absolute atomic E-state index is 12.8. The van der Waals surface area contributed by atoms with Crippen LogP contribution in [0.5, 0.6) is 0 Å². The molecule has 3 N–H and O–H groups in total. The summed E-state index contributed by atoms with van der Waals surface area (Å²) < 4.78 is 0. The van der Waals surface area contributed by atoms with Crippen LogP contribution in [0.3, 0.4) is 0 Å². The lowest BCUT2D eigenvalue weighted by molar-refractivity contribution is -0.122. The summed E-state index contributed by atoms with van der Waals surface area (Å²) in [6.07, 6.45) is 10.7. The second-order valence-electron chi connectivity index (χ2n) is 6.11. The van der Waals surface area contributed by atoms with Gasteiger partial charge < -0.3 is 15.7 Å². The van der Waals surface area contributed by atoms with Gasteiger partial charge in [-0.05, 0) is 18.6 Å². The van der Waals surface area contributed by atoms with Gasteiger partial charge >= 0.3 is 0 Å². The van der Waals surface area contributed by atoms with Crippen LogP contribution in [-0.2, 0) is 4.79 Å². The topological polar surface area (TPSA) is 109 Å². The summed E-state index contributed by atoms with van der Waals surface area (Å²) in [6, 6.07) is 7.69. The summed E-state index contributed by atoms with van der Waals surface area (Å²) in [5.74, 6) is 0.459. The lowest BCUT2D eigenvalue weighted by atomic mass is 10.1. The molecule has 1 aliphatic heterocycles. The Morgan fingerprint density at radius 3 is 2.67 bits per heavy atom. The third kappa shape index (κ3) is 5.37. The fourth-order valence-corrected chi connectivity index (χ4v) is 2.94. The van der Waals surface area contributed by atoms with E-state index >= 15 is 0 Å². The molecular formula is C20H24N4O3. The zero-order valence-electron chi connectivity index (χ0n) is 15.3. The van der Waals surface area contributed by atoms with Crippen molar-refractivity contribution in [2.24, 2.45) is 0 Å². The summed E-state index contributed by atoms with van der Waals surface area (Å²) in [7, 11) is 0. The first-order valence-electron chi connectivity index (χ1n) is 8.84. The molecule has 1 atom stereocenters. The zero-order chi connectivity index (χ0) is 19.6. The number of nitrogen functional groups attached to an aromatic ring is 1. The second kappa shape index (κ2) is 10.1. The van der Waals surface area contributed by atoms with Gasteiger partial charge in [0.2, 0.25) is 0 Å². The second-order valence-corrected chi connectivity index (χ2v) is 6.11. The van der Waals surface area contributed by atoms with E-state index in [9.17, 15) is 4.79 Å².